The first kappa shape index (κ1) is 11.1. The number of alkyl halides is 2. The molecule has 1 rings (SSSR count). The van der Waals surface area contributed by atoms with Crippen LogP contribution in [0.3, 0.4) is 0 Å². The maximum atomic E-state index is 12.4. The van der Waals surface area contributed by atoms with E-state index >= 15 is 0 Å². The Morgan fingerprint density at radius 1 is 1.36 bits per heavy atom. The summed E-state index contributed by atoms with van der Waals surface area (Å²) in [5.74, 6) is 0. The van der Waals surface area contributed by atoms with Crippen molar-refractivity contribution in [1.29, 1.82) is 0 Å². The SMILES string of the molecule is CC(C)n1nc(C(F)F)cc1[C@@H](C)N. The summed E-state index contributed by atoms with van der Waals surface area (Å²) in [5.41, 5.74) is 6.11. The van der Waals surface area contributed by atoms with E-state index < -0.39 is 6.43 Å². The van der Waals surface area contributed by atoms with E-state index in [1.807, 2.05) is 13.8 Å². The molecule has 0 saturated heterocycles. The molecule has 0 amide bonds. The van der Waals surface area contributed by atoms with Crippen LogP contribution < -0.4 is 5.73 Å². The number of nitrogens with two attached hydrogens (primary N) is 1. The zero-order valence-corrected chi connectivity index (χ0v) is 8.54. The summed E-state index contributed by atoms with van der Waals surface area (Å²) >= 11 is 0. The Hall–Kier alpha value is -0.970. The molecule has 0 bridgehead atoms. The van der Waals surface area contributed by atoms with Gasteiger partial charge in [-0.1, -0.05) is 0 Å². The first-order valence-corrected chi connectivity index (χ1v) is 4.56. The lowest BCUT2D eigenvalue weighted by molar-refractivity contribution is 0.144. The molecular formula is C9H15F2N3. The Balaban J connectivity index is 3.12. The third-order valence-electron chi connectivity index (χ3n) is 1.96. The Bertz CT molecular complexity index is 280. The minimum Gasteiger partial charge on any atom is -0.323 e. The number of hydrogen-bond acceptors (Lipinski definition) is 2. The summed E-state index contributed by atoms with van der Waals surface area (Å²) < 4.78 is 26.3. The highest BCUT2D eigenvalue weighted by molar-refractivity contribution is 5.15. The maximum Gasteiger partial charge on any atom is 0.282 e. The summed E-state index contributed by atoms with van der Waals surface area (Å²) in [4.78, 5) is 0. The van der Waals surface area contributed by atoms with E-state index in [0.29, 0.717) is 5.69 Å². The van der Waals surface area contributed by atoms with E-state index in [9.17, 15) is 8.78 Å². The second-order valence-electron chi connectivity index (χ2n) is 3.62. The smallest absolute Gasteiger partial charge is 0.282 e. The van der Waals surface area contributed by atoms with Gasteiger partial charge >= 0.3 is 0 Å². The summed E-state index contributed by atoms with van der Waals surface area (Å²) in [6.45, 7) is 5.52. The van der Waals surface area contributed by atoms with Gasteiger partial charge in [0.1, 0.15) is 5.69 Å². The van der Waals surface area contributed by atoms with Gasteiger partial charge in [0, 0.05) is 12.1 Å². The van der Waals surface area contributed by atoms with Crippen LogP contribution in [0.15, 0.2) is 6.07 Å². The average molecular weight is 203 g/mol. The minimum atomic E-state index is -2.53. The predicted octanol–water partition coefficient (Wildman–Crippen LogP) is 2.42. The second kappa shape index (κ2) is 4.04. The Morgan fingerprint density at radius 2 is 1.93 bits per heavy atom. The van der Waals surface area contributed by atoms with Gasteiger partial charge in [-0.05, 0) is 26.8 Å². The molecular weight excluding hydrogens is 188 g/mol. The fraction of sp³-hybridized carbons (Fsp3) is 0.667. The van der Waals surface area contributed by atoms with Crippen LogP contribution in [-0.4, -0.2) is 9.78 Å². The standard InChI is InChI=1S/C9H15F2N3/c1-5(2)14-8(6(3)12)4-7(13-14)9(10)11/h4-6,9H,12H2,1-3H3/t6-/m1/s1. The Morgan fingerprint density at radius 3 is 2.21 bits per heavy atom. The number of aromatic nitrogens is 2. The monoisotopic (exact) mass is 203 g/mol. The topological polar surface area (TPSA) is 43.8 Å². The zero-order chi connectivity index (χ0) is 10.9. The molecule has 0 spiro atoms. The van der Waals surface area contributed by atoms with E-state index in [2.05, 4.69) is 5.10 Å². The molecule has 1 heterocycles. The normalized spacial score (nSPS) is 14.0. The van der Waals surface area contributed by atoms with Crippen LogP contribution in [0.1, 0.15) is 50.7 Å². The molecule has 1 aromatic heterocycles. The molecule has 5 heteroatoms. The highest BCUT2D eigenvalue weighted by atomic mass is 19.3. The lowest BCUT2D eigenvalue weighted by Gasteiger charge is -2.12. The van der Waals surface area contributed by atoms with Gasteiger partial charge in [-0.25, -0.2) is 8.78 Å². The molecule has 0 fully saturated rings. The quantitative estimate of drug-likeness (QED) is 0.819. The van der Waals surface area contributed by atoms with Gasteiger partial charge in [0.2, 0.25) is 0 Å². The fourth-order valence-corrected chi connectivity index (χ4v) is 1.29. The molecule has 0 aliphatic rings. The van der Waals surface area contributed by atoms with Crippen LogP contribution in [0.5, 0.6) is 0 Å². The van der Waals surface area contributed by atoms with Crippen molar-refractivity contribution in [3.63, 3.8) is 0 Å². The third kappa shape index (κ3) is 2.09. The van der Waals surface area contributed by atoms with E-state index in [4.69, 9.17) is 5.73 Å². The fourth-order valence-electron chi connectivity index (χ4n) is 1.29. The van der Waals surface area contributed by atoms with Crippen molar-refractivity contribution in [2.75, 3.05) is 0 Å². The molecule has 3 nitrogen and oxygen atoms in total. The van der Waals surface area contributed by atoms with E-state index in [0.717, 1.165) is 0 Å². The van der Waals surface area contributed by atoms with Crippen molar-refractivity contribution >= 4 is 0 Å². The van der Waals surface area contributed by atoms with Gasteiger partial charge in [0.05, 0.1) is 5.69 Å². The second-order valence-corrected chi connectivity index (χ2v) is 3.62. The Labute approximate surface area is 81.9 Å². The first-order chi connectivity index (χ1) is 6.43. The van der Waals surface area contributed by atoms with Crippen molar-refractivity contribution in [2.24, 2.45) is 5.73 Å². The summed E-state index contributed by atoms with van der Waals surface area (Å²) in [6.07, 6.45) is -2.53. The molecule has 0 saturated carbocycles. The van der Waals surface area contributed by atoms with Gasteiger partial charge in [-0.2, -0.15) is 5.10 Å². The predicted molar refractivity (Wildman–Crippen MR) is 50.2 cm³/mol. The van der Waals surface area contributed by atoms with Crippen molar-refractivity contribution in [3.8, 4) is 0 Å². The summed E-state index contributed by atoms with van der Waals surface area (Å²) in [6, 6.07) is 1.14. The number of halogens is 2. The average Bonchev–Trinajstić information content (AvgIpc) is 2.47. The van der Waals surface area contributed by atoms with Crippen molar-refractivity contribution in [1.82, 2.24) is 9.78 Å². The Kier molecular flexibility index (Phi) is 3.21. The van der Waals surface area contributed by atoms with Crippen LogP contribution in [-0.2, 0) is 0 Å². The third-order valence-corrected chi connectivity index (χ3v) is 1.96. The van der Waals surface area contributed by atoms with E-state index in [1.165, 1.54) is 6.07 Å². The molecule has 0 unspecified atom stereocenters. The first-order valence-electron chi connectivity index (χ1n) is 4.56. The lowest BCUT2D eigenvalue weighted by atomic mass is 10.2. The minimum absolute atomic E-state index is 0.0449. The molecule has 0 aliphatic heterocycles. The van der Waals surface area contributed by atoms with Gasteiger partial charge in [-0.3, -0.25) is 4.68 Å². The van der Waals surface area contributed by atoms with Gasteiger partial charge in [-0.15, -0.1) is 0 Å². The molecule has 14 heavy (non-hydrogen) atoms. The molecule has 1 atom stereocenters. The van der Waals surface area contributed by atoms with Gasteiger partial charge in [0.15, 0.2) is 0 Å². The van der Waals surface area contributed by atoms with E-state index in [-0.39, 0.29) is 17.8 Å². The van der Waals surface area contributed by atoms with Crippen LogP contribution >= 0.6 is 0 Å². The molecule has 0 aromatic carbocycles. The number of rotatable bonds is 3. The molecule has 0 aliphatic carbocycles. The molecule has 1 aromatic rings. The largest absolute Gasteiger partial charge is 0.323 e. The lowest BCUT2D eigenvalue weighted by Crippen LogP contribution is -2.14. The molecule has 80 valence electrons. The van der Waals surface area contributed by atoms with Crippen LogP contribution in [0.25, 0.3) is 0 Å². The summed E-state index contributed by atoms with van der Waals surface area (Å²) in [7, 11) is 0. The van der Waals surface area contributed by atoms with Crippen LogP contribution in [0.4, 0.5) is 8.78 Å². The summed E-state index contributed by atoms with van der Waals surface area (Å²) in [5, 5.41) is 3.82. The van der Waals surface area contributed by atoms with Gasteiger partial charge in [0.25, 0.3) is 6.43 Å². The van der Waals surface area contributed by atoms with Crippen LogP contribution in [0.2, 0.25) is 0 Å². The highest BCUT2D eigenvalue weighted by Gasteiger charge is 2.18. The maximum absolute atomic E-state index is 12.4. The molecule has 0 radical (unpaired) electrons. The van der Waals surface area contributed by atoms with Crippen LogP contribution in [0, 0.1) is 0 Å². The van der Waals surface area contributed by atoms with Crippen molar-refractivity contribution in [2.45, 2.75) is 39.3 Å². The molecule has 2 N–H and O–H groups in total. The number of hydrogen-bond donors (Lipinski definition) is 1. The highest BCUT2D eigenvalue weighted by Crippen LogP contribution is 2.23. The van der Waals surface area contributed by atoms with Crippen molar-refractivity contribution in [3.05, 3.63) is 17.5 Å². The van der Waals surface area contributed by atoms with Gasteiger partial charge < -0.3 is 5.73 Å². The van der Waals surface area contributed by atoms with Crippen molar-refractivity contribution < 1.29 is 8.78 Å². The van der Waals surface area contributed by atoms with E-state index in [1.54, 1.807) is 11.6 Å². The number of nitrogens with zero attached hydrogens (tertiary/aromatic N) is 2. The zero-order valence-electron chi connectivity index (χ0n) is 8.54.